The van der Waals surface area contributed by atoms with Gasteiger partial charge in [0.15, 0.2) is 0 Å². The second-order valence-electron chi connectivity index (χ2n) is 4.78. The van der Waals surface area contributed by atoms with E-state index in [1.54, 1.807) is 18.4 Å². The van der Waals surface area contributed by atoms with E-state index in [9.17, 15) is 13.6 Å². The van der Waals surface area contributed by atoms with Crippen molar-refractivity contribution < 1.29 is 18.0 Å². The number of nitrogens with one attached hydrogen (secondary N) is 2. The van der Waals surface area contributed by atoms with Crippen molar-refractivity contribution in [3.05, 3.63) is 71.9 Å². The van der Waals surface area contributed by atoms with Gasteiger partial charge < -0.3 is 15.1 Å². The molecule has 6 nitrogen and oxygen atoms in total. The molecule has 122 valence electrons. The van der Waals surface area contributed by atoms with E-state index in [4.69, 9.17) is 4.42 Å². The maximum Gasteiger partial charge on any atom is 0.274 e. The fourth-order valence-corrected chi connectivity index (χ4v) is 1.93. The first-order valence-corrected chi connectivity index (χ1v) is 6.97. The van der Waals surface area contributed by atoms with Crippen LogP contribution < -0.4 is 10.6 Å². The molecule has 0 aliphatic carbocycles. The van der Waals surface area contributed by atoms with Gasteiger partial charge in [-0.05, 0) is 30.3 Å². The number of anilines is 2. The van der Waals surface area contributed by atoms with Crippen molar-refractivity contribution >= 4 is 17.5 Å². The molecule has 8 heteroatoms. The van der Waals surface area contributed by atoms with Gasteiger partial charge in [-0.2, -0.15) is 0 Å². The van der Waals surface area contributed by atoms with E-state index < -0.39 is 17.5 Å². The Morgan fingerprint density at radius 1 is 1.21 bits per heavy atom. The van der Waals surface area contributed by atoms with E-state index in [1.807, 2.05) is 0 Å². The Labute approximate surface area is 135 Å². The molecule has 0 spiro atoms. The smallest absolute Gasteiger partial charge is 0.274 e. The van der Waals surface area contributed by atoms with Crippen LogP contribution in [0.1, 0.15) is 16.2 Å². The molecule has 0 aliphatic rings. The van der Waals surface area contributed by atoms with Crippen LogP contribution in [0.2, 0.25) is 0 Å². The highest BCUT2D eigenvalue weighted by atomic mass is 19.1. The van der Waals surface area contributed by atoms with Crippen LogP contribution in [0.25, 0.3) is 0 Å². The number of furan rings is 1. The molecule has 0 atom stereocenters. The second kappa shape index (κ2) is 6.86. The normalized spacial score (nSPS) is 10.4. The molecule has 24 heavy (non-hydrogen) atoms. The molecule has 0 bridgehead atoms. The molecule has 3 rings (SSSR count). The maximum atomic E-state index is 13.6. The zero-order valence-corrected chi connectivity index (χ0v) is 12.3. The van der Waals surface area contributed by atoms with E-state index in [2.05, 4.69) is 20.6 Å². The lowest BCUT2D eigenvalue weighted by atomic mass is 10.3. The number of hydrogen-bond donors (Lipinski definition) is 2. The van der Waals surface area contributed by atoms with Crippen LogP contribution in [-0.4, -0.2) is 15.9 Å². The zero-order chi connectivity index (χ0) is 16.9. The van der Waals surface area contributed by atoms with Gasteiger partial charge in [0.25, 0.3) is 5.91 Å². The molecule has 0 radical (unpaired) electrons. The van der Waals surface area contributed by atoms with Gasteiger partial charge in [0.1, 0.15) is 23.1 Å². The molecule has 0 aliphatic heterocycles. The summed E-state index contributed by atoms with van der Waals surface area (Å²) in [7, 11) is 0. The van der Waals surface area contributed by atoms with E-state index in [0.717, 1.165) is 12.1 Å². The minimum absolute atomic E-state index is 0.0377. The van der Waals surface area contributed by atoms with Crippen LogP contribution in [0, 0.1) is 11.6 Å². The molecule has 3 aromatic rings. The molecule has 0 saturated carbocycles. The highest BCUT2D eigenvalue weighted by Crippen LogP contribution is 2.16. The summed E-state index contributed by atoms with van der Waals surface area (Å²) in [6, 6.07) is 7.79. The Morgan fingerprint density at radius 3 is 2.83 bits per heavy atom. The number of carbonyl (C=O) groups is 1. The van der Waals surface area contributed by atoms with Gasteiger partial charge in [-0.25, -0.2) is 18.7 Å². The van der Waals surface area contributed by atoms with E-state index in [-0.39, 0.29) is 17.3 Å². The highest BCUT2D eigenvalue weighted by molar-refractivity contribution is 6.03. The zero-order valence-electron chi connectivity index (χ0n) is 12.3. The summed E-state index contributed by atoms with van der Waals surface area (Å²) in [5.74, 6) is -1.32. The van der Waals surface area contributed by atoms with Crippen molar-refractivity contribution in [3.8, 4) is 0 Å². The van der Waals surface area contributed by atoms with Crippen LogP contribution in [0.5, 0.6) is 0 Å². The summed E-state index contributed by atoms with van der Waals surface area (Å²) in [5, 5.41) is 5.24. The van der Waals surface area contributed by atoms with E-state index in [0.29, 0.717) is 18.4 Å². The Balaban J connectivity index is 1.69. The number of hydrogen-bond acceptors (Lipinski definition) is 5. The van der Waals surface area contributed by atoms with Crippen molar-refractivity contribution in [2.75, 3.05) is 10.6 Å². The Morgan fingerprint density at radius 2 is 2.08 bits per heavy atom. The largest absolute Gasteiger partial charge is 0.467 e. The average Bonchev–Trinajstić information content (AvgIpc) is 3.09. The Bertz CT molecular complexity index is 853. The van der Waals surface area contributed by atoms with E-state index >= 15 is 0 Å². The Hall–Kier alpha value is -3.29. The number of aromatic nitrogens is 2. The van der Waals surface area contributed by atoms with Crippen LogP contribution in [0.3, 0.4) is 0 Å². The molecular weight excluding hydrogens is 318 g/mol. The number of nitrogens with zero attached hydrogens (tertiary/aromatic N) is 2. The fourth-order valence-electron chi connectivity index (χ4n) is 1.93. The lowest BCUT2D eigenvalue weighted by Gasteiger charge is -2.07. The number of amides is 1. The molecule has 2 N–H and O–H groups in total. The molecule has 1 aromatic carbocycles. The van der Waals surface area contributed by atoms with Gasteiger partial charge in [-0.15, -0.1) is 0 Å². The van der Waals surface area contributed by atoms with Gasteiger partial charge in [-0.3, -0.25) is 4.79 Å². The van der Waals surface area contributed by atoms with Gasteiger partial charge in [0, 0.05) is 12.3 Å². The fraction of sp³-hybridized carbons (Fsp3) is 0.0625. The van der Waals surface area contributed by atoms with Crippen LogP contribution in [0.4, 0.5) is 20.4 Å². The monoisotopic (exact) mass is 330 g/mol. The molecular formula is C16H12F2N4O2. The molecule has 1 amide bonds. The molecule has 0 saturated heterocycles. The van der Waals surface area contributed by atoms with Gasteiger partial charge in [0.2, 0.25) is 5.95 Å². The molecule has 2 aromatic heterocycles. The third-order valence-corrected chi connectivity index (χ3v) is 3.07. The molecule has 0 unspecified atom stereocenters. The maximum absolute atomic E-state index is 13.6. The third-order valence-electron chi connectivity index (χ3n) is 3.07. The predicted octanol–water partition coefficient (Wildman–Crippen LogP) is 3.21. The van der Waals surface area contributed by atoms with Crippen molar-refractivity contribution in [2.45, 2.75) is 6.54 Å². The van der Waals surface area contributed by atoms with Crippen LogP contribution >= 0.6 is 0 Å². The highest BCUT2D eigenvalue weighted by Gasteiger charge is 2.12. The minimum Gasteiger partial charge on any atom is -0.467 e. The summed E-state index contributed by atoms with van der Waals surface area (Å²) < 4.78 is 31.6. The van der Waals surface area contributed by atoms with Crippen molar-refractivity contribution in [1.82, 2.24) is 9.97 Å². The first kappa shape index (κ1) is 15.6. The van der Waals surface area contributed by atoms with Gasteiger partial charge >= 0.3 is 0 Å². The lowest BCUT2D eigenvalue weighted by Crippen LogP contribution is -2.16. The SMILES string of the molecule is O=C(Nc1ccc(F)cc1F)c1ccnc(NCc2ccco2)n1. The molecule has 2 heterocycles. The number of carbonyl (C=O) groups excluding carboxylic acids is 1. The number of benzene rings is 1. The second-order valence-corrected chi connectivity index (χ2v) is 4.78. The van der Waals surface area contributed by atoms with Gasteiger partial charge in [0.05, 0.1) is 18.5 Å². The quantitative estimate of drug-likeness (QED) is 0.751. The summed E-state index contributed by atoms with van der Waals surface area (Å²) >= 11 is 0. The third kappa shape index (κ3) is 3.72. The first-order valence-electron chi connectivity index (χ1n) is 6.97. The summed E-state index contributed by atoms with van der Waals surface area (Å²) in [5.41, 5.74) is -0.0965. The van der Waals surface area contributed by atoms with Crippen molar-refractivity contribution in [1.29, 1.82) is 0 Å². The predicted molar refractivity (Wildman–Crippen MR) is 82.4 cm³/mol. The number of halogens is 2. The Kier molecular flexibility index (Phi) is 4.46. The van der Waals surface area contributed by atoms with Crippen LogP contribution in [-0.2, 0) is 6.54 Å². The van der Waals surface area contributed by atoms with Crippen LogP contribution in [0.15, 0.2) is 53.3 Å². The lowest BCUT2D eigenvalue weighted by molar-refractivity contribution is 0.102. The summed E-state index contributed by atoms with van der Waals surface area (Å²) in [4.78, 5) is 20.2. The minimum atomic E-state index is -0.867. The first-order chi connectivity index (χ1) is 11.6. The van der Waals surface area contributed by atoms with Crippen molar-refractivity contribution in [3.63, 3.8) is 0 Å². The average molecular weight is 330 g/mol. The number of rotatable bonds is 5. The van der Waals surface area contributed by atoms with Crippen molar-refractivity contribution in [2.24, 2.45) is 0 Å². The summed E-state index contributed by atoms with van der Waals surface area (Å²) in [6.07, 6.45) is 2.94. The van der Waals surface area contributed by atoms with Gasteiger partial charge in [-0.1, -0.05) is 0 Å². The van der Waals surface area contributed by atoms with E-state index in [1.165, 1.54) is 12.3 Å². The summed E-state index contributed by atoms with van der Waals surface area (Å²) in [6.45, 7) is 0.352. The topological polar surface area (TPSA) is 80.0 Å². The standard InChI is InChI=1S/C16H12F2N4O2/c17-10-3-4-13(12(18)8-10)21-15(23)14-5-6-19-16(22-14)20-9-11-2-1-7-24-11/h1-8H,9H2,(H,21,23)(H,19,20,22). The molecule has 0 fully saturated rings.